The molecule has 2 rings (SSSR count). The quantitative estimate of drug-likeness (QED) is 0.632. The van der Waals surface area contributed by atoms with E-state index in [1.54, 1.807) is 0 Å². The average Bonchev–Trinajstić information content (AvgIpc) is 2.83. The molecule has 0 amide bonds. The molecule has 1 saturated carbocycles. The van der Waals surface area contributed by atoms with Crippen LogP contribution < -0.4 is 0 Å². The molecular weight excluding hydrogens is 280 g/mol. The molecule has 114 valence electrons. The van der Waals surface area contributed by atoms with Gasteiger partial charge in [0.1, 0.15) is 0 Å². The fraction of sp³-hybridized carbons (Fsp3) is 0.765. The van der Waals surface area contributed by atoms with E-state index in [1.165, 1.54) is 37.7 Å². The van der Waals surface area contributed by atoms with Crippen molar-refractivity contribution in [2.45, 2.75) is 77.1 Å². The summed E-state index contributed by atoms with van der Waals surface area (Å²) in [6.07, 6.45) is 7.01. The lowest BCUT2D eigenvalue weighted by Crippen LogP contribution is -2.44. The van der Waals surface area contributed by atoms with Gasteiger partial charge in [0, 0.05) is 6.10 Å². The second kappa shape index (κ2) is 6.33. The van der Waals surface area contributed by atoms with Crippen LogP contribution in [0.5, 0.6) is 0 Å². The lowest BCUT2D eigenvalue weighted by Gasteiger charge is -2.41. The molecule has 0 unspecified atom stereocenters. The van der Waals surface area contributed by atoms with Crippen molar-refractivity contribution in [3.8, 4) is 0 Å². The first kappa shape index (κ1) is 16.3. The Balaban J connectivity index is 1.80. The van der Waals surface area contributed by atoms with Gasteiger partial charge in [0.2, 0.25) is 0 Å². The van der Waals surface area contributed by atoms with E-state index < -0.39 is 8.32 Å². The van der Waals surface area contributed by atoms with Gasteiger partial charge in [-0.2, -0.15) is 11.3 Å². The lowest BCUT2D eigenvalue weighted by molar-refractivity contribution is 0.116. The Labute approximate surface area is 129 Å². The first-order chi connectivity index (χ1) is 9.28. The zero-order chi connectivity index (χ0) is 14.8. The summed E-state index contributed by atoms with van der Waals surface area (Å²) in [7, 11) is -1.58. The van der Waals surface area contributed by atoms with Crippen LogP contribution in [-0.2, 0) is 10.8 Å². The average molecular weight is 311 g/mol. The summed E-state index contributed by atoms with van der Waals surface area (Å²) in [5.74, 6) is 0.879. The summed E-state index contributed by atoms with van der Waals surface area (Å²) in [6, 6.07) is 2.28. The minimum Gasteiger partial charge on any atom is -0.414 e. The highest BCUT2D eigenvalue weighted by Crippen LogP contribution is 2.40. The number of rotatable bonds is 4. The molecule has 0 saturated heterocycles. The molecule has 20 heavy (non-hydrogen) atoms. The number of hydrogen-bond acceptors (Lipinski definition) is 2. The number of hydrogen-bond donors (Lipinski definition) is 0. The molecule has 0 N–H and O–H groups in total. The van der Waals surface area contributed by atoms with Gasteiger partial charge in [0.25, 0.3) is 0 Å². The zero-order valence-corrected chi connectivity index (χ0v) is 15.6. The van der Waals surface area contributed by atoms with E-state index in [9.17, 15) is 0 Å². The molecule has 1 aromatic heterocycles. The normalized spacial score (nSPS) is 24.9. The van der Waals surface area contributed by atoms with Crippen LogP contribution >= 0.6 is 11.3 Å². The standard InChI is InChI=1S/C17H30OSSi/c1-17(2,3)20(4,5)18-16-8-6-14(7-9-16)12-15-10-11-19-13-15/h10-11,13-14,16H,6-9,12H2,1-5H3. The summed E-state index contributed by atoms with van der Waals surface area (Å²) in [5, 5.41) is 4.83. The SMILES string of the molecule is CC(C)(C)[Si](C)(C)OC1CCC(Cc2ccsc2)CC1. The zero-order valence-electron chi connectivity index (χ0n) is 13.7. The molecule has 0 aliphatic heterocycles. The molecule has 0 atom stereocenters. The third kappa shape index (κ3) is 4.19. The van der Waals surface area contributed by atoms with Gasteiger partial charge in [-0.05, 0) is 78.5 Å². The predicted molar refractivity (Wildman–Crippen MR) is 92.1 cm³/mol. The third-order valence-corrected chi connectivity index (χ3v) is 10.4. The molecular formula is C17H30OSSi. The van der Waals surface area contributed by atoms with Crippen molar-refractivity contribution in [1.82, 2.24) is 0 Å². The highest BCUT2D eigenvalue weighted by Gasteiger charge is 2.39. The molecule has 0 bridgehead atoms. The molecule has 0 aromatic carbocycles. The van der Waals surface area contributed by atoms with E-state index in [0.29, 0.717) is 11.1 Å². The molecule has 1 aliphatic carbocycles. The Bertz CT molecular complexity index is 397. The molecule has 0 radical (unpaired) electrons. The van der Waals surface area contributed by atoms with Crippen LogP contribution in [0, 0.1) is 5.92 Å². The van der Waals surface area contributed by atoms with Crippen LogP contribution in [0.3, 0.4) is 0 Å². The molecule has 1 fully saturated rings. The van der Waals surface area contributed by atoms with Gasteiger partial charge in [0.05, 0.1) is 0 Å². The molecule has 1 heterocycles. The first-order valence-electron chi connectivity index (χ1n) is 7.97. The Morgan fingerprint density at radius 1 is 1.20 bits per heavy atom. The lowest BCUT2D eigenvalue weighted by atomic mass is 9.84. The molecule has 1 aromatic rings. The Kier molecular flexibility index (Phi) is 5.14. The van der Waals surface area contributed by atoms with Crippen LogP contribution in [-0.4, -0.2) is 14.4 Å². The maximum atomic E-state index is 6.57. The monoisotopic (exact) mass is 310 g/mol. The second-order valence-electron chi connectivity index (χ2n) is 7.86. The predicted octanol–water partition coefficient (Wildman–Crippen LogP) is 5.87. The van der Waals surface area contributed by atoms with Crippen molar-refractivity contribution in [2.75, 3.05) is 0 Å². The van der Waals surface area contributed by atoms with Crippen molar-refractivity contribution < 1.29 is 4.43 Å². The Morgan fingerprint density at radius 3 is 2.35 bits per heavy atom. The van der Waals surface area contributed by atoms with E-state index in [2.05, 4.69) is 50.7 Å². The van der Waals surface area contributed by atoms with Crippen LogP contribution in [0.4, 0.5) is 0 Å². The third-order valence-electron chi connectivity index (χ3n) is 5.17. The van der Waals surface area contributed by atoms with E-state index in [1.807, 2.05) is 11.3 Å². The van der Waals surface area contributed by atoms with Gasteiger partial charge >= 0.3 is 0 Å². The minimum atomic E-state index is -1.58. The van der Waals surface area contributed by atoms with E-state index in [0.717, 1.165) is 5.92 Å². The summed E-state index contributed by atoms with van der Waals surface area (Å²) in [4.78, 5) is 0. The summed E-state index contributed by atoms with van der Waals surface area (Å²) in [5.41, 5.74) is 1.53. The van der Waals surface area contributed by atoms with Crippen molar-refractivity contribution in [3.05, 3.63) is 22.4 Å². The van der Waals surface area contributed by atoms with Crippen molar-refractivity contribution in [2.24, 2.45) is 5.92 Å². The minimum absolute atomic E-state index is 0.334. The molecule has 1 nitrogen and oxygen atoms in total. The largest absolute Gasteiger partial charge is 0.414 e. The van der Waals surface area contributed by atoms with Gasteiger partial charge < -0.3 is 4.43 Å². The van der Waals surface area contributed by atoms with Gasteiger partial charge in [-0.1, -0.05) is 20.8 Å². The molecule has 0 spiro atoms. The Hall–Kier alpha value is -0.123. The topological polar surface area (TPSA) is 9.23 Å². The van der Waals surface area contributed by atoms with Crippen LogP contribution in [0.15, 0.2) is 16.8 Å². The summed E-state index contributed by atoms with van der Waals surface area (Å²) in [6.45, 7) is 11.8. The summed E-state index contributed by atoms with van der Waals surface area (Å²) < 4.78 is 6.57. The van der Waals surface area contributed by atoms with Crippen LogP contribution in [0.1, 0.15) is 52.0 Å². The maximum Gasteiger partial charge on any atom is 0.192 e. The first-order valence-corrected chi connectivity index (χ1v) is 11.8. The van der Waals surface area contributed by atoms with E-state index in [-0.39, 0.29) is 0 Å². The van der Waals surface area contributed by atoms with Crippen molar-refractivity contribution >= 4 is 19.7 Å². The molecule has 1 aliphatic rings. The highest BCUT2D eigenvalue weighted by atomic mass is 32.1. The maximum absolute atomic E-state index is 6.57. The highest BCUT2D eigenvalue weighted by molar-refractivity contribution is 7.07. The van der Waals surface area contributed by atoms with Gasteiger partial charge in [-0.25, -0.2) is 0 Å². The molecule has 3 heteroatoms. The second-order valence-corrected chi connectivity index (χ2v) is 13.4. The Morgan fingerprint density at radius 2 is 1.85 bits per heavy atom. The van der Waals surface area contributed by atoms with E-state index in [4.69, 9.17) is 4.43 Å². The van der Waals surface area contributed by atoms with Crippen LogP contribution in [0.2, 0.25) is 18.1 Å². The van der Waals surface area contributed by atoms with Crippen LogP contribution in [0.25, 0.3) is 0 Å². The fourth-order valence-corrected chi connectivity index (χ4v) is 4.89. The van der Waals surface area contributed by atoms with Crippen molar-refractivity contribution in [1.29, 1.82) is 0 Å². The van der Waals surface area contributed by atoms with Gasteiger partial charge in [0.15, 0.2) is 8.32 Å². The van der Waals surface area contributed by atoms with Gasteiger partial charge in [-0.3, -0.25) is 0 Å². The number of thiophene rings is 1. The summed E-state index contributed by atoms with van der Waals surface area (Å²) >= 11 is 1.82. The van der Waals surface area contributed by atoms with Gasteiger partial charge in [-0.15, -0.1) is 0 Å². The fourth-order valence-electron chi connectivity index (χ4n) is 2.79. The van der Waals surface area contributed by atoms with Crippen molar-refractivity contribution in [3.63, 3.8) is 0 Å². The smallest absolute Gasteiger partial charge is 0.192 e. The van der Waals surface area contributed by atoms with E-state index >= 15 is 0 Å².